The number of piperidine rings is 1. The second-order valence-electron chi connectivity index (χ2n) is 4.88. The average molecular weight is 226 g/mol. The van der Waals surface area contributed by atoms with Gasteiger partial charge in [-0.2, -0.15) is 0 Å². The Kier molecular flexibility index (Phi) is 5.81. The van der Waals surface area contributed by atoms with Crippen LogP contribution < -0.4 is 5.32 Å². The second kappa shape index (κ2) is 6.89. The Morgan fingerprint density at radius 2 is 2.00 bits per heavy atom. The molecule has 0 aliphatic carbocycles. The zero-order valence-corrected chi connectivity index (χ0v) is 11.0. The summed E-state index contributed by atoms with van der Waals surface area (Å²) in [7, 11) is 0. The largest absolute Gasteiger partial charge is 0.343 e. The van der Waals surface area contributed by atoms with E-state index in [1.165, 1.54) is 6.42 Å². The van der Waals surface area contributed by atoms with Crippen molar-refractivity contribution in [1.82, 2.24) is 10.2 Å². The van der Waals surface area contributed by atoms with Crippen molar-refractivity contribution >= 4 is 5.91 Å². The molecule has 3 nitrogen and oxygen atoms in total. The van der Waals surface area contributed by atoms with E-state index in [4.69, 9.17) is 0 Å². The SMILES string of the molecule is CCCC(=O)N1CCC(NC(C)CC)CC1. The van der Waals surface area contributed by atoms with Gasteiger partial charge in [0.05, 0.1) is 0 Å². The minimum atomic E-state index is 0.337. The summed E-state index contributed by atoms with van der Waals surface area (Å²) >= 11 is 0. The summed E-state index contributed by atoms with van der Waals surface area (Å²) in [5.41, 5.74) is 0. The molecule has 94 valence electrons. The lowest BCUT2D eigenvalue weighted by Crippen LogP contribution is -2.47. The molecular formula is C13H26N2O. The maximum Gasteiger partial charge on any atom is 0.222 e. The van der Waals surface area contributed by atoms with Gasteiger partial charge in [-0.25, -0.2) is 0 Å². The Hall–Kier alpha value is -0.570. The fourth-order valence-electron chi connectivity index (χ4n) is 2.19. The topological polar surface area (TPSA) is 32.3 Å². The zero-order valence-electron chi connectivity index (χ0n) is 11.0. The summed E-state index contributed by atoms with van der Waals surface area (Å²) in [6, 6.07) is 1.21. The molecule has 1 rings (SSSR count). The molecule has 0 saturated carbocycles. The second-order valence-corrected chi connectivity index (χ2v) is 4.88. The fourth-order valence-corrected chi connectivity index (χ4v) is 2.19. The summed E-state index contributed by atoms with van der Waals surface area (Å²) in [5.74, 6) is 0.337. The number of nitrogens with zero attached hydrogens (tertiary/aromatic N) is 1. The van der Waals surface area contributed by atoms with Crippen molar-refractivity contribution in [1.29, 1.82) is 0 Å². The molecule has 0 bridgehead atoms. The Labute approximate surface area is 99.6 Å². The minimum Gasteiger partial charge on any atom is -0.343 e. The first-order valence-corrected chi connectivity index (χ1v) is 6.71. The number of amides is 1. The van der Waals surface area contributed by atoms with E-state index < -0.39 is 0 Å². The average Bonchev–Trinajstić information content (AvgIpc) is 2.30. The van der Waals surface area contributed by atoms with Crippen LogP contribution >= 0.6 is 0 Å². The molecule has 0 radical (unpaired) electrons. The Morgan fingerprint density at radius 1 is 1.38 bits per heavy atom. The number of nitrogens with one attached hydrogen (secondary N) is 1. The molecule has 1 fully saturated rings. The van der Waals surface area contributed by atoms with Crippen LogP contribution in [-0.4, -0.2) is 36.0 Å². The lowest BCUT2D eigenvalue weighted by molar-refractivity contribution is -0.132. The van der Waals surface area contributed by atoms with E-state index in [-0.39, 0.29) is 0 Å². The molecule has 1 amide bonds. The summed E-state index contributed by atoms with van der Waals surface area (Å²) in [6.45, 7) is 8.38. The van der Waals surface area contributed by atoms with E-state index in [1.54, 1.807) is 0 Å². The first-order chi connectivity index (χ1) is 7.67. The van der Waals surface area contributed by atoms with Crippen LogP contribution in [-0.2, 0) is 4.79 Å². The van der Waals surface area contributed by atoms with Gasteiger partial charge >= 0.3 is 0 Å². The Balaban J connectivity index is 2.25. The maximum atomic E-state index is 11.7. The fraction of sp³-hybridized carbons (Fsp3) is 0.923. The highest BCUT2D eigenvalue weighted by Gasteiger charge is 2.22. The van der Waals surface area contributed by atoms with Crippen LogP contribution in [0.2, 0.25) is 0 Å². The standard InChI is InChI=1S/C13H26N2O/c1-4-6-13(16)15-9-7-12(8-10-15)14-11(3)5-2/h11-12,14H,4-10H2,1-3H3. The number of hydrogen-bond donors (Lipinski definition) is 1. The van der Waals surface area contributed by atoms with E-state index in [2.05, 4.69) is 26.1 Å². The molecule has 1 aliphatic rings. The molecule has 1 saturated heterocycles. The van der Waals surface area contributed by atoms with Crippen molar-refractivity contribution in [2.75, 3.05) is 13.1 Å². The number of hydrogen-bond acceptors (Lipinski definition) is 2. The van der Waals surface area contributed by atoms with Crippen molar-refractivity contribution in [3.63, 3.8) is 0 Å². The predicted molar refractivity (Wildman–Crippen MR) is 67.4 cm³/mol. The van der Waals surface area contributed by atoms with Crippen molar-refractivity contribution in [3.8, 4) is 0 Å². The smallest absolute Gasteiger partial charge is 0.222 e. The van der Waals surface area contributed by atoms with Crippen molar-refractivity contribution in [2.24, 2.45) is 0 Å². The summed E-state index contributed by atoms with van der Waals surface area (Å²) < 4.78 is 0. The molecule has 1 atom stereocenters. The van der Waals surface area contributed by atoms with Gasteiger partial charge in [0.1, 0.15) is 0 Å². The van der Waals surface area contributed by atoms with E-state index in [0.29, 0.717) is 24.4 Å². The first-order valence-electron chi connectivity index (χ1n) is 6.71. The molecule has 1 heterocycles. The third-order valence-corrected chi connectivity index (χ3v) is 3.44. The van der Waals surface area contributed by atoms with Crippen molar-refractivity contribution < 1.29 is 4.79 Å². The van der Waals surface area contributed by atoms with E-state index in [1.807, 2.05) is 4.90 Å². The summed E-state index contributed by atoms with van der Waals surface area (Å²) in [6.07, 6.45) is 5.07. The van der Waals surface area contributed by atoms with Gasteiger partial charge in [0.15, 0.2) is 0 Å². The van der Waals surface area contributed by atoms with Gasteiger partial charge in [-0.05, 0) is 32.6 Å². The molecule has 16 heavy (non-hydrogen) atoms. The Bertz CT molecular complexity index is 210. The monoisotopic (exact) mass is 226 g/mol. The van der Waals surface area contributed by atoms with E-state index >= 15 is 0 Å². The van der Waals surface area contributed by atoms with Crippen LogP contribution in [0.1, 0.15) is 52.9 Å². The Morgan fingerprint density at radius 3 is 2.50 bits per heavy atom. The van der Waals surface area contributed by atoms with Gasteiger partial charge in [0, 0.05) is 31.6 Å². The predicted octanol–water partition coefficient (Wildman–Crippen LogP) is 2.17. The van der Waals surface area contributed by atoms with Gasteiger partial charge in [0.25, 0.3) is 0 Å². The third-order valence-electron chi connectivity index (χ3n) is 3.44. The first kappa shape index (κ1) is 13.5. The quantitative estimate of drug-likeness (QED) is 0.779. The van der Waals surface area contributed by atoms with Gasteiger partial charge in [0.2, 0.25) is 5.91 Å². The summed E-state index contributed by atoms with van der Waals surface area (Å²) in [4.78, 5) is 13.7. The van der Waals surface area contributed by atoms with Gasteiger partial charge < -0.3 is 10.2 Å². The van der Waals surface area contributed by atoms with Crippen molar-refractivity contribution in [2.45, 2.75) is 65.0 Å². The number of carbonyl (C=O) groups is 1. The number of carbonyl (C=O) groups excluding carboxylic acids is 1. The molecular weight excluding hydrogens is 200 g/mol. The molecule has 3 heteroatoms. The summed E-state index contributed by atoms with van der Waals surface area (Å²) in [5, 5.41) is 3.62. The highest BCUT2D eigenvalue weighted by atomic mass is 16.2. The number of likely N-dealkylation sites (tertiary alicyclic amines) is 1. The van der Waals surface area contributed by atoms with Crippen LogP contribution in [0, 0.1) is 0 Å². The van der Waals surface area contributed by atoms with Crippen LogP contribution in [0.25, 0.3) is 0 Å². The highest BCUT2D eigenvalue weighted by Crippen LogP contribution is 2.13. The minimum absolute atomic E-state index is 0.337. The van der Waals surface area contributed by atoms with Crippen LogP contribution in [0.15, 0.2) is 0 Å². The molecule has 0 aromatic heterocycles. The van der Waals surface area contributed by atoms with E-state index in [9.17, 15) is 4.79 Å². The number of rotatable bonds is 5. The van der Waals surface area contributed by atoms with Crippen molar-refractivity contribution in [3.05, 3.63) is 0 Å². The normalized spacial score (nSPS) is 19.8. The molecule has 0 aromatic carbocycles. The zero-order chi connectivity index (χ0) is 12.0. The lowest BCUT2D eigenvalue weighted by Gasteiger charge is -2.33. The van der Waals surface area contributed by atoms with Crippen LogP contribution in [0.5, 0.6) is 0 Å². The molecule has 0 spiro atoms. The van der Waals surface area contributed by atoms with Crippen LogP contribution in [0.3, 0.4) is 0 Å². The maximum absolute atomic E-state index is 11.7. The lowest BCUT2D eigenvalue weighted by atomic mass is 10.0. The van der Waals surface area contributed by atoms with E-state index in [0.717, 1.165) is 32.4 Å². The molecule has 1 unspecified atom stereocenters. The molecule has 0 aromatic rings. The molecule has 1 N–H and O–H groups in total. The van der Waals surface area contributed by atoms with Gasteiger partial charge in [-0.15, -0.1) is 0 Å². The van der Waals surface area contributed by atoms with Gasteiger partial charge in [-0.1, -0.05) is 13.8 Å². The third kappa shape index (κ3) is 4.12. The van der Waals surface area contributed by atoms with Crippen LogP contribution in [0.4, 0.5) is 0 Å². The molecule has 1 aliphatic heterocycles. The highest BCUT2D eigenvalue weighted by molar-refractivity contribution is 5.76. The van der Waals surface area contributed by atoms with Gasteiger partial charge in [-0.3, -0.25) is 4.79 Å².